The molecule has 0 N–H and O–H groups in total. The second-order valence-electron chi connectivity index (χ2n) is 6.57. The van der Waals surface area contributed by atoms with Crippen LogP contribution in [0.1, 0.15) is 16.8 Å². The molecule has 1 atom stereocenters. The summed E-state index contributed by atoms with van der Waals surface area (Å²) in [7, 11) is 0. The van der Waals surface area contributed by atoms with Gasteiger partial charge in [-0.05, 0) is 36.4 Å². The molecule has 1 aromatic carbocycles. The van der Waals surface area contributed by atoms with Crippen molar-refractivity contribution in [3.63, 3.8) is 0 Å². The number of hydrogen-bond donors (Lipinski definition) is 0. The Hall–Kier alpha value is -2.21. The maximum absolute atomic E-state index is 13.0. The fourth-order valence-corrected chi connectivity index (χ4v) is 4.48. The summed E-state index contributed by atoms with van der Waals surface area (Å²) >= 11 is 1.89. The third kappa shape index (κ3) is 3.80. The minimum absolute atomic E-state index is 0.0199. The van der Waals surface area contributed by atoms with Crippen molar-refractivity contribution in [2.75, 3.05) is 42.6 Å². The van der Waals surface area contributed by atoms with Crippen LogP contribution in [0.15, 0.2) is 48.7 Å². The van der Waals surface area contributed by atoms with Gasteiger partial charge in [-0.15, -0.1) is 0 Å². The van der Waals surface area contributed by atoms with Gasteiger partial charge in [-0.2, -0.15) is 11.8 Å². The molecular formula is C20H23N3O2S. The first-order valence-corrected chi connectivity index (χ1v) is 10.3. The number of carbonyl (C=O) groups is 1. The van der Waals surface area contributed by atoms with Gasteiger partial charge in [-0.3, -0.25) is 4.79 Å². The van der Waals surface area contributed by atoms with E-state index < -0.39 is 0 Å². The standard InChI is InChI=1S/C20H23N3O2S/c24-20(18-7-4-9-21-19(18)25-17-8-14-26-15-17)23-12-10-22(11-13-23)16-5-2-1-3-6-16/h1-7,9,17H,8,10-15H2. The number of amides is 1. The summed E-state index contributed by atoms with van der Waals surface area (Å²) in [6.45, 7) is 3.10. The third-order valence-corrected chi connectivity index (χ3v) is 5.99. The number of carbonyl (C=O) groups excluding carboxylic acids is 1. The molecule has 0 radical (unpaired) electrons. The van der Waals surface area contributed by atoms with E-state index in [0.717, 1.165) is 31.0 Å². The number of ether oxygens (including phenoxy) is 1. The van der Waals surface area contributed by atoms with Crippen LogP contribution in [0.4, 0.5) is 5.69 Å². The Morgan fingerprint density at radius 2 is 1.88 bits per heavy atom. The largest absolute Gasteiger partial charge is 0.473 e. The first-order chi connectivity index (χ1) is 12.8. The minimum atomic E-state index is 0.0199. The van der Waals surface area contributed by atoms with Gasteiger partial charge in [0.25, 0.3) is 5.91 Å². The molecule has 6 heteroatoms. The van der Waals surface area contributed by atoms with E-state index in [1.54, 1.807) is 6.20 Å². The number of nitrogens with zero attached hydrogens (tertiary/aromatic N) is 3. The van der Waals surface area contributed by atoms with E-state index in [-0.39, 0.29) is 12.0 Å². The highest BCUT2D eigenvalue weighted by molar-refractivity contribution is 7.99. The maximum atomic E-state index is 13.0. The zero-order valence-corrected chi connectivity index (χ0v) is 15.5. The van der Waals surface area contributed by atoms with E-state index >= 15 is 0 Å². The predicted octanol–water partition coefficient (Wildman–Crippen LogP) is 2.93. The summed E-state index contributed by atoms with van der Waals surface area (Å²) in [5.74, 6) is 2.59. The molecule has 0 bridgehead atoms. The number of aromatic nitrogens is 1. The fourth-order valence-electron chi connectivity index (χ4n) is 3.39. The number of thioether (sulfide) groups is 1. The summed E-state index contributed by atoms with van der Waals surface area (Å²) in [5.41, 5.74) is 1.79. The molecule has 2 aliphatic rings. The lowest BCUT2D eigenvalue weighted by atomic mass is 10.2. The lowest BCUT2D eigenvalue weighted by molar-refractivity contribution is 0.0738. The lowest BCUT2D eigenvalue weighted by Crippen LogP contribution is -2.48. The molecule has 1 amide bonds. The van der Waals surface area contributed by atoms with Gasteiger partial charge < -0.3 is 14.5 Å². The number of hydrogen-bond acceptors (Lipinski definition) is 5. The van der Waals surface area contributed by atoms with Crippen LogP contribution in [0.2, 0.25) is 0 Å². The molecule has 136 valence electrons. The van der Waals surface area contributed by atoms with Gasteiger partial charge in [0.05, 0.1) is 0 Å². The SMILES string of the molecule is O=C(c1cccnc1OC1CCSC1)N1CCN(c2ccccc2)CC1. The van der Waals surface area contributed by atoms with E-state index in [1.165, 1.54) is 5.69 Å². The first kappa shape index (κ1) is 17.2. The van der Waals surface area contributed by atoms with Crippen LogP contribution in [0.25, 0.3) is 0 Å². The molecule has 0 spiro atoms. The van der Waals surface area contributed by atoms with Crippen LogP contribution in [0.5, 0.6) is 5.88 Å². The highest BCUT2D eigenvalue weighted by Gasteiger charge is 2.26. The third-order valence-electron chi connectivity index (χ3n) is 4.86. The quantitative estimate of drug-likeness (QED) is 0.829. The molecule has 2 aliphatic heterocycles. The number of rotatable bonds is 4. The van der Waals surface area contributed by atoms with Gasteiger partial charge in [-0.25, -0.2) is 4.98 Å². The molecule has 0 aliphatic carbocycles. The van der Waals surface area contributed by atoms with Gasteiger partial charge in [0.2, 0.25) is 5.88 Å². The number of para-hydroxylation sites is 1. The first-order valence-electron chi connectivity index (χ1n) is 9.10. The average Bonchev–Trinajstić information content (AvgIpc) is 3.22. The second kappa shape index (κ2) is 7.99. The summed E-state index contributed by atoms with van der Waals surface area (Å²) in [4.78, 5) is 21.6. The van der Waals surface area contributed by atoms with Crippen molar-refractivity contribution in [1.29, 1.82) is 0 Å². The zero-order valence-electron chi connectivity index (χ0n) is 14.7. The van der Waals surface area contributed by atoms with Crippen LogP contribution < -0.4 is 9.64 Å². The molecule has 4 rings (SSSR count). The molecular weight excluding hydrogens is 346 g/mol. The Kier molecular flexibility index (Phi) is 5.29. The Labute approximate surface area is 158 Å². The predicted molar refractivity (Wildman–Crippen MR) is 105 cm³/mol. The van der Waals surface area contributed by atoms with Crippen LogP contribution in [-0.2, 0) is 0 Å². The highest BCUT2D eigenvalue weighted by atomic mass is 32.2. The van der Waals surface area contributed by atoms with Crippen molar-refractivity contribution in [3.05, 3.63) is 54.2 Å². The monoisotopic (exact) mass is 369 g/mol. The summed E-state index contributed by atoms with van der Waals surface area (Å²) in [5, 5.41) is 0. The second-order valence-corrected chi connectivity index (χ2v) is 7.72. The molecule has 2 aromatic rings. The van der Waals surface area contributed by atoms with Crippen LogP contribution in [0.3, 0.4) is 0 Å². The fraction of sp³-hybridized carbons (Fsp3) is 0.400. The van der Waals surface area contributed by atoms with Crippen molar-refractivity contribution >= 4 is 23.4 Å². The molecule has 3 heterocycles. The topological polar surface area (TPSA) is 45.7 Å². The zero-order chi connectivity index (χ0) is 17.8. The summed E-state index contributed by atoms with van der Waals surface area (Å²) < 4.78 is 6.02. The van der Waals surface area contributed by atoms with Crippen molar-refractivity contribution < 1.29 is 9.53 Å². The highest BCUT2D eigenvalue weighted by Crippen LogP contribution is 2.25. The van der Waals surface area contributed by atoms with E-state index in [1.807, 2.05) is 47.0 Å². The van der Waals surface area contributed by atoms with Crippen molar-refractivity contribution in [2.24, 2.45) is 0 Å². The molecule has 26 heavy (non-hydrogen) atoms. The number of piperazine rings is 1. The lowest BCUT2D eigenvalue weighted by Gasteiger charge is -2.36. The summed E-state index contributed by atoms with van der Waals surface area (Å²) in [6, 6.07) is 14.0. The molecule has 5 nitrogen and oxygen atoms in total. The number of benzene rings is 1. The Morgan fingerprint density at radius 3 is 2.62 bits per heavy atom. The van der Waals surface area contributed by atoms with E-state index in [0.29, 0.717) is 24.5 Å². The molecule has 0 saturated carbocycles. The van der Waals surface area contributed by atoms with Gasteiger partial charge in [-0.1, -0.05) is 18.2 Å². The molecule has 1 aromatic heterocycles. The van der Waals surface area contributed by atoms with Crippen molar-refractivity contribution in [1.82, 2.24) is 9.88 Å². The molecule has 2 saturated heterocycles. The molecule has 1 unspecified atom stereocenters. The van der Waals surface area contributed by atoms with Gasteiger partial charge in [0.15, 0.2) is 0 Å². The Bertz CT molecular complexity index is 742. The van der Waals surface area contributed by atoms with Gasteiger partial charge in [0.1, 0.15) is 11.7 Å². The Balaban J connectivity index is 1.42. The van der Waals surface area contributed by atoms with E-state index in [4.69, 9.17) is 4.74 Å². The summed E-state index contributed by atoms with van der Waals surface area (Å²) in [6.07, 6.45) is 2.88. The molecule has 2 fully saturated rings. The van der Waals surface area contributed by atoms with Gasteiger partial charge >= 0.3 is 0 Å². The average molecular weight is 369 g/mol. The number of pyridine rings is 1. The van der Waals surface area contributed by atoms with E-state index in [2.05, 4.69) is 22.0 Å². The van der Waals surface area contributed by atoms with Crippen LogP contribution >= 0.6 is 11.8 Å². The van der Waals surface area contributed by atoms with Crippen LogP contribution in [0, 0.1) is 0 Å². The van der Waals surface area contributed by atoms with Crippen molar-refractivity contribution in [3.8, 4) is 5.88 Å². The number of anilines is 1. The smallest absolute Gasteiger partial charge is 0.259 e. The van der Waals surface area contributed by atoms with Crippen LogP contribution in [-0.4, -0.2) is 59.6 Å². The van der Waals surface area contributed by atoms with Crippen molar-refractivity contribution in [2.45, 2.75) is 12.5 Å². The van der Waals surface area contributed by atoms with Gasteiger partial charge in [0, 0.05) is 43.8 Å². The normalized spacial score (nSPS) is 20.2. The minimum Gasteiger partial charge on any atom is -0.473 e. The Morgan fingerprint density at radius 1 is 1.08 bits per heavy atom. The van der Waals surface area contributed by atoms with E-state index in [9.17, 15) is 4.79 Å². The maximum Gasteiger partial charge on any atom is 0.259 e.